The molecular weight excluding hydrogens is 262 g/mol. The predicted molar refractivity (Wildman–Crippen MR) is 84.3 cm³/mol. The summed E-state index contributed by atoms with van der Waals surface area (Å²) in [6.45, 7) is 2.07. The van der Waals surface area contributed by atoms with Gasteiger partial charge in [0.25, 0.3) is 5.91 Å². The highest BCUT2D eigenvalue weighted by molar-refractivity contribution is 5.77. The van der Waals surface area contributed by atoms with Gasteiger partial charge in [-0.2, -0.15) is 0 Å². The normalized spacial score (nSPS) is 11.7. The zero-order valence-corrected chi connectivity index (χ0v) is 12.3. The van der Waals surface area contributed by atoms with Crippen molar-refractivity contribution in [3.05, 3.63) is 66.2 Å². The zero-order valence-electron chi connectivity index (χ0n) is 12.3. The summed E-state index contributed by atoms with van der Waals surface area (Å²) < 4.78 is 5.42. The first-order valence-electron chi connectivity index (χ1n) is 7.25. The van der Waals surface area contributed by atoms with Gasteiger partial charge in [0.15, 0.2) is 6.61 Å². The van der Waals surface area contributed by atoms with Gasteiger partial charge < -0.3 is 10.1 Å². The fourth-order valence-electron chi connectivity index (χ4n) is 2.08. The summed E-state index contributed by atoms with van der Waals surface area (Å²) in [5.41, 5.74) is 1.29. The molecule has 0 fully saturated rings. The first-order valence-corrected chi connectivity index (χ1v) is 7.25. The number of para-hydroxylation sites is 1. The number of carbonyl (C=O) groups excluding carboxylic acids is 1. The number of amides is 1. The summed E-state index contributed by atoms with van der Waals surface area (Å²) in [7, 11) is 0. The Labute approximate surface area is 126 Å². The van der Waals surface area contributed by atoms with Crippen molar-refractivity contribution in [2.75, 3.05) is 6.61 Å². The molecule has 0 bridgehead atoms. The van der Waals surface area contributed by atoms with Gasteiger partial charge in [0, 0.05) is 6.04 Å². The van der Waals surface area contributed by atoms with Gasteiger partial charge in [-0.1, -0.05) is 48.5 Å². The van der Waals surface area contributed by atoms with Crippen LogP contribution in [0.15, 0.2) is 60.7 Å². The molecule has 110 valence electrons. The molecule has 2 aromatic carbocycles. The van der Waals surface area contributed by atoms with Crippen molar-refractivity contribution >= 4 is 5.91 Å². The summed E-state index contributed by atoms with van der Waals surface area (Å²) in [5.74, 6) is 0.629. The van der Waals surface area contributed by atoms with Crippen molar-refractivity contribution < 1.29 is 9.53 Å². The number of rotatable bonds is 7. The number of carbonyl (C=O) groups is 1. The molecule has 3 heteroatoms. The number of nitrogens with one attached hydrogen (secondary N) is 1. The number of benzene rings is 2. The molecule has 0 aliphatic carbocycles. The quantitative estimate of drug-likeness (QED) is 0.847. The summed E-state index contributed by atoms with van der Waals surface area (Å²) in [4.78, 5) is 11.8. The maximum Gasteiger partial charge on any atom is 0.258 e. The molecule has 0 aliphatic rings. The van der Waals surface area contributed by atoms with Crippen LogP contribution in [0.2, 0.25) is 0 Å². The minimum absolute atomic E-state index is 0.0552. The summed E-state index contributed by atoms with van der Waals surface area (Å²) in [6, 6.07) is 19.8. The van der Waals surface area contributed by atoms with Crippen LogP contribution in [-0.4, -0.2) is 18.6 Å². The van der Waals surface area contributed by atoms with Gasteiger partial charge in [-0.05, 0) is 37.5 Å². The average molecular weight is 283 g/mol. The molecule has 0 saturated heterocycles. The van der Waals surface area contributed by atoms with E-state index in [-0.39, 0.29) is 18.6 Å². The van der Waals surface area contributed by atoms with Gasteiger partial charge in [-0.3, -0.25) is 4.79 Å². The summed E-state index contributed by atoms with van der Waals surface area (Å²) in [5, 5.41) is 2.96. The second-order valence-electron chi connectivity index (χ2n) is 5.09. The summed E-state index contributed by atoms with van der Waals surface area (Å²) >= 11 is 0. The first kappa shape index (κ1) is 15.1. The Morgan fingerprint density at radius 3 is 2.33 bits per heavy atom. The second kappa shape index (κ2) is 8.10. The molecule has 3 nitrogen and oxygen atoms in total. The Hall–Kier alpha value is -2.29. The zero-order chi connectivity index (χ0) is 14.9. The van der Waals surface area contributed by atoms with Crippen molar-refractivity contribution in [3.8, 4) is 5.75 Å². The Balaban J connectivity index is 1.67. The molecule has 0 aromatic heterocycles. The van der Waals surface area contributed by atoms with Crippen LogP contribution in [0.25, 0.3) is 0 Å². The number of hydrogen-bond acceptors (Lipinski definition) is 2. The molecule has 1 N–H and O–H groups in total. The van der Waals surface area contributed by atoms with Gasteiger partial charge in [0.1, 0.15) is 5.75 Å². The van der Waals surface area contributed by atoms with Crippen LogP contribution in [0.3, 0.4) is 0 Å². The van der Waals surface area contributed by atoms with Gasteiger partial charge in [0.2, 0.25) is 0 Å². The molecule has 1 amide bonds. The van der Waals surface area contributed by atoms with Crippen molar-refractivity contribution in [1.82, 2.24) is 5.32 Å². The van der Waals surface area contributed by atoms with E-state index in [1.54, 1.807) is 0 Å². The number of hydrogen-bond donors (Lipinski definition) is 1. The molecule has 1 atom stereocenters. The fraction of sp³-hybridized carbons (Fsp3) is 0.278. The Morgan fingerprint density at radius 1 is 1.05 bits per heavy atom. The molecular formula is C18H21NO2. The Morgan fingerprint density at radius 2 is 1.67 bits per heavy atom. The van der Waals surface area contributed by atoms with Crippen LogP contribution in [0, 0.1) is 0 Å². The van der Waals surface area contributed by atoms with Crippen molar-refractivity contribution in [1.29, 1.82) is 0 Å². The number of aryl methyl sites for hydroxylation is 1. The lowest BCUT2D eigenvalue weighted by Gasteiger charge is -2.14. The molecule has 0 heterocycles. The largest absolute Gasteiger partial charge is 0.484 e. The third-order valence-corrected chi connectivity index (χ3v) is 3.23. The predicted octanol–water partition coefficient (Wildman–Crippen LogP) is 3.20. The highest BCUT2D eigenvalue weighted by atomic mass is 16.5. The van der Waals surface area contributed by atoms with Crippen LogP contribution in [0.5, 0.6) is 5.75 Å². The molecule has 0 unspecified atom stereocenters. The minimum Gasteiger partial charge on any atom is -0.484 e. The van der Waals surface area contributed by atoms with Crippen molar-refractivity contribution in [3.63, 3.8) is 0 Å². The highest BCUT2D eigenvalue weighted by Gasteiger charge is 2.08. The monoisotopic (exact) mass is 283 g/mol. The van der Waals surface area contributed by atoms with E-state index in [0.29, 0.717) is 5.75 Å². The van der Waals surface area contributed by atoms with Crippen molar-refractivity contribution in [2.45, 2.75) is 25.8 Å². The van der Waals surface area contributed by atoms with E-state index >= 15 is 0 Å². The standard InChI is InChI=1S/C18H21NO2/c1-15(12-13-16-8-4-2-5-9-16)19-18(20)14-21-17-10-6-3-7-11-17/h2-11,15H,12-14H2,1H3,(H,19,20)/t15-/m0/s1. The van der Waals surface area contributed by atoms with E-state index in [2.05, 4.69) is 17.4 Å². The number of ether oxygens (including phenoxy) is 1. The maximum absolute atomic E-state index is 11.8. The lowest BCUT2D eigenvalue weighted by molar-refractivity contribution is -0.123. The topological polar surface area (TPSA) is 38.3 Å². The van der Waals surface area contributed by atoms with Gasteiger partial charge in [0.05, 0.1) is 0 Å². The molecule has 2 aromatic rings. The SMILES string of the molecule is C[C@@H](CCc1ccccc1)NC(=O)COc1ccccc1. The van der Waals surface area contributed by atoms with Crippen LogP contribution < -0.4 is 10.1 Å². The fourth-order valence-corrected chi connectivity index (χ4v) is 2.08. The van der Waals surface area contributed by atoms with Crippen LogP contribution in [0.4, 0.5) is 0 Å². The van der Waals surface area contributed by atoms with Gasteiger partial charge in [-0.15, -0.1) is 0 Å². The van der Waals surface area contributed by atoms with E-state index in [0.717, 1.165) is 12.8 Å². The Kier molecular flexibility index (Phi) is 5.83. The van der Waals surface area contributed by atoms with Gasteiger partial charge >= 0.3 is 0 Å². The average Bonchev–Trinajstić information content (AvgIpc) is 2.53. The summed E-state index contributed by atoms with van der Waals surface area (Å²) in [6.07, 6.45) is 1.88. The third kappa shape index (κ3) is 5.69. The van der Waals surface area contributed by atoms with Crippen LogP contribution >= 0.6 is 0 Å². The molecule has 2 rings (SSSR count). The lowest BCUT2D eigenvalue weighted by Crippen LogP contribution is -2.36. The lowest BCUT2D eigenvalue weighted by atomic mass is 10.1. The first-order chi connectivity index (χ1) is 10.2. The van der Waals surface area contributed by atoms with E-state index in [1.807, 2.05) is 55.5 Å². The molecule has 0 aliphatic heterocycles. The van der Waals surface area contributed by atoms with Crippen LogP contribution in [-0.2, 0) is 11.2 Å². The maximum atomic E-state index is 11.8. The highest BCUT2D eigenvalue weighted by Crippen LogP contribution is 2.08. The molecule has 0 spiro atoms. The molecule has 0 radical (unpaired) electrons. The van der Waals surface area contributed by atoms with E-state index in [9.17, 15) is 4.79 Å². The third-order valence-electron chi connectivity index (χ3n) is 3.23. The minimum atomic E-state index is -0.0839. The van der Waals surface area contributed by atoms with Gasteiger partial charge in [-0.25, -0.2) is 0 Å². The van der Waals surface area contributed by atoms with Crippen LogP contribution in [0.1, 0.15) is 18.9 Å². The second-order valence-corrected chi connectivity index (χ2v) is 5.09. The smallest absolute Gasteiger partial charge is 0.258 e. The Bertz CT molecular complexity index is 540. The molecule has 21 heavy (non-hydrogen) atoms. The molecule has 0 saturated carbocycles. The van der Waals surface area contributed by atoms with E-state index in [1.165, 1.54) is 5.56 Å². The van der Waals surface area contributed by atoms with E-state index < -0.39 is 0 Å². The van der Waals surface area contributed by atoms with E-state index in [4.69, 9.17) is 4.74 Å². The van der Waals surface area contributed by atoms with Crippen molar-refractivity contribution in [2.24, 2.45) is 0 Å².